The number of anilines is 2. The van der Waals surface area contributed by atoms with Crippen LogP contribution >= 0.6 is 12.2 Å². The number of rotatable bonds is 4. The Labute approximate surface area is 175 Å². The summed E-state index contributed by atoms with van der Waals surface area (Å²) in [4.78, 5) is 27.3. The van der Waals surface area contributed by atoms with Gasteiger partial charge in [0.05, 0.1) is 36.0 Å². The Morgan fingerprint density at radius 3 is 2.66 bits per heavy atom. The number of carbonyl (C=O) groups is 2. The Morgan fingerprint density at radius 1 is 1.28 bits per heavy atom. The highest BCUT2D eigenvalue weighted by Gasteiger charge is 2.33. The first-order valence-corrected chi connectivity index (χ1v) is 9.93. The maximum atomic E-state index is 14.9. The summed E-state index contributed by atoms with van der Waals surface area (Å²) in [7, 11) is 1.97. The standard InChI is InChI=1S/C19H26FN5O3S/c1-13(26)21-11-16-12-24(19(27)28-16)15-4-5-18(17(20)10-15)23-7-6-22(3)25(9-8-23)14(2)29/h4-5,10,16H,6-9,11-12H2,1-3H3,(H,21,26)/t16-/m0/s1. The van der Waals surface area contributed by atoms with Crippen molar-refractivity contribution in [2.45, 2.75) is 20.0 Å². The summed E-state index contributed by atoms with van der Waals surface area (Å²) in [5.41, 5.74) is 0.929. The van der Waals surface area contributed by atoms with Gasteiger partial charge in [-0.25, -0.2) is 14.2 Å². The van der Waals surface area contributed by atoms with Gasteiger partial charge in [-0.05, 0) is 25.1 Å². The summed E-state index contributed by atoms with van der Waals surface area (Å²) < 4.78 is 20.2. The third-order valence-electron chi connectivity index (χ3n) is 5.09. The van der Waals surface area contributed by atoms with E-state index in [1.54, 1.807) is 12.1 Å². The molecule has 0 saturated carbocycles. The predicted octanol–water partition coefficient (Wildman–Crippen LogP) is 1.60. The molecule has 0 radical (unpaired) electrons. The molecule has 1 atom stereocenters. The topological polar surface area (TPSA) is 68.4 Å². The van der Waals surface area contributed by atoms with E-state index in [0.29, 0.717) is 31.0 Å². The quantitative estimate of drug-likeness (QED) is 0.738. The molecular weight excluding hydrogens is 397 g/mol. The number of hydrazine groups is 1. The van der Waals surface area contributed by atoms with E-state index in [9.17, 15) is 14.0 Å². The van der Waals surface area contributed by atoms with Crippen molar-refractivity contribution in [2.75, 3.05) is 56.1 Å². The Morgan fingerprint density at radius 2 is 2.00 bits per heavy atom. The second-order valence-electron chi connectivity index (χ2n) is 7.20. The fraction of sp³-hybridized carbons (Fsp3) is 0.526. The number of nitrogens with zero attached hydrogens (tertiary/aromatic N) is 4. The second-order valence-corrected chi connectivity index (χ2v) is 7.79. The van der Waals surface area contributed by atoms with Gasteiger partial charge in [0.25, 0.3) is 0 Å². The van der Waals surface area contributed by atoms with E-state index in [1.807, 2.05) is 28.9 Å². The van der Waals surface area contributed by atoms with Crippen molar-refractivity contribution >= 4 is 40.6 Å². The first-order valence-electron chi connectivity index (χ1n) is 9.52. The van der Waals surface area contributed by atoms with Crippen LogP contribution in [0.25, 0.3) is 0 Å². The number of halogens is 1. The first kappa shape index (κ1) is 21.3. The lowest BCUT2D eigenvalue weighted by Crippen LogP contribution is -2.42. The molecule has 1 N–H and O–H groups in total. The average Bonchev–Trinajstić information content (AvgIpc) is 2.91. The van der Waals surface area contributed by atoms with Crippen molar-refractivity contribution in [3.05, 3.63) is 24.0 Å². The fourth-order valence-corrected chi connectivity index (χ4v) is 3.77. The summed E-state index contributed by atoms with van der Waals surface area (Å²) in [5.74, 6) is -0.587. The number of nitrogens with one attached hydrogen (secondary N) is 1. The van der Waals surface area contributed by atoms with Crippen molar-refractivity contribution < 1.29 is 18.7 Å². The zero-order valence-electron chi connectivity index (χ0n) is 16.9. The van der Waals surface area contributed by atoms with E-state index in [0.717, 1.165) is 11.5 Å². The maximum absolute atomic E-state index is 14.9. The smallest absolute Gasteiger partial charge is 0.414 e. The molecule has 2 heterocycles. The molecule has 10 heteroatoms. The van der Waals surface area contributed by atoms with E-state index in [-0.39, 0.29) is 19.0 Å². The lowest BCUT2D eigenvalue weighted by atomic mass is 10.2. The van der Waals surface area contributed by atoms with Crippen LogP contribution < -0.4 is 15.1 Å². The lowest BCUT2D eigenvalue weighted by Gasteiger charge is -2.30. The normalized spacial score (nSPS) is 20.5. The van der Waals surface area contributed by atoms with E-state index >= 15 is 0 Å². The highest BCUT2D eigenvalue weighted by atomic mass is 32.1. The third-order valence-corrected chi connectivity index (χ3v) is 5.30. The van der Waals surface area contributed by atoms with Gasteiger partial charge in [0, 0.05) is 33.6 Å². The van der Waals surface area contributed by atoms with Crippen molar-refractivity contribution in [1.29, 1.82) is 0 Å². The summed E-state index contributed by atoms with van der Waals surface area (Å²) in [6.07, 6.45) is -1.00. The molecule has 158 valence electrons. The number of amides is 2. The summed E-state index contributed by atoms with van der Waals surface area (Å²) >= 11 is 5.28. The predicted molar refractivity (Wildman–Crippen MR) is 113 cm³/mol. The minimum Gasteiger partial charge on any atom is -0.442 e. The lowest BCUT2D eigenvalue weighted by molar-refractivity contribution is -0.119. The molecule has 2 aliphatic heterocycles. The van der Waals surface area contributed by atoms with Crippen LogP contribution in [0.15, 0.2) is 18.2 Å². The molecule has 0 unspecified atom stereocenters. The third kappa shape index (κ3) is 4.94. The molecule has 0 bridgehead atoms. The number of hydrogen-bond donors (Lipinski definition) is 1. The van der Waals surface area contributed by atoms with E-state index < -0.39 is 18.0 Å². The molecule has 0 aliphatic carbocycles. The molecule has 1 aromatic rings. The largest absolute Gasteiger partial charge is 0.442 e. The van der Waals surface area contributed by atoms with Crippen LogP contribution in [0, 0.1) is 5.82 Å². The molecule has 0 spiro atoms. The van der Waals surface area contributed by atoms with E-state index in [4.69, 9.17) is 17.0 Å². The summed E-state index contributed by atoms with van der Waals surface area (Å²) in [6, 6.07) is 4.77. The molecule has 3 rings (SSSR count). The number of hydrogen-bond acceptors (Lipinski definition) is 6. The Balaban J connectivity index is 1.70. The van der Waals surface area contributed by atoms with Crippen LogP contribution in [0.4, 0.5) is 20.6 Å². The van der Waals surface area contributed by atoms with Crippen molar-refractivity contribution in [2.24, 2.45) is 0 Å². The van der Waals surface area contributed by atoms with Crippen LogP contribution in [0.5, 0.6) is 0 Å². The van der Waals surface area contributed by atoms with Crippen LogP contribution in [0.1, 0.15) is 13.8 Å². The second kappa shape index (κ2) is 8.91. The monoisotopic (exact) mass is 423 g/mol. The summed E-state index contributed by atoms with van der Waals surface area (Å²) in [6.45, 7) is 6.47. The Hall–Kier alpha value is -2.46. The van der Waals surface area contributed by atoms with Gasteiger partial charge in [-0.2, -0.15) is 0 Å². The minimum atomic E-state index is -0.545. The van der Waals surface area contributed by atoms with Crippen LogP contribution in [-0.4, -0.2) is 79.4 Å². The number of thiocarbonyl (C=S) groups is 1. The molecular formula is C19H26FN5O3S. The van der Waals surface area contributed by atoms with Gasteiger partial charge in [0.1, 0.15) is 11.9 Å². The zero-order valence-corrected chi connectivity index (χ0v) is 17.7. The van der Waals surface area contributed by atoms with Gasteiger partial charge in [-0.3, -0.25) is 14.7 Å². The van der Waals surface area contributed by atoms with Gasteiger partial charge in [0.15, 0.2) is 0 Å². The van der Waals surface area contributed by atoms with Crippen LogP contribution in [0.2, 0.25) is 0 Å². The molecule has 8 nitrogen and oxygen atoms in total. The Kier molecular flexibility index (Phi) is 6.53. The molecule has 0 aromatic heterocycles. The highest BCUT2D eigenvalue weighted by Crippen LogP contribution is 2.28. The molecule has 1 aromatic carbocycles. The van der Waals surface area contributed by atoms with Crippen LogP contribution in [0.3, 0.4) is 0 Å². The SMILES string of the molecule is CC(=O)NC[C@H]1CN(c2ccc(N3CCN(C)N(C(C)=S)CC3)c(F)c2)C(=O)O1. The van der Waals surface area contributed by atoms with E-state index in [1.165, 1.54) is 17.9 Å². The van der Waals surface area contributed by atoms with Gasteiger partial charge in [-0.1, -0.05) is 12.2 Å². The number of likely N-dealkylation sites (N-methyl/N-ethyl adjacent to an activating group) is 1. The average molecular weight is 424 g/mol. The van der Waals surface area contributed by atoms with E-state index in [2.05, 4.69) is 5.32 Å². The molecule has 2 aliphatic rings. The molecule has 2 saturated heterocycles. The summed E-state index contributed by atoms with van der Waals surface area (Å²) in [5, 5.41) is 6.68. The highest BCUT2D eigenvalue weighted by molar-refractivity contribution is 7.80. The molecule has 29 heavy (non-hydrogen) atoms. The molecule has 2 fully saturated rings. The number of carbonyl (C=O) groups excluding carboxylic acids is 2. The minimum absolute atomic E-state index is 0.194. The van der Waals surface area contributed by atoms with Gasteiger partial charge in [-0.15, -0.1) is 0 Å². The maximum Gasteiger partial charge on any atom is 0.414 e. The fourth-order valence-electron chi connectivity index (χ4n) is 3.54. The number of ether oxygens (including phenoxy) is 1. The number of cyclic esters (lactones) is 1. The van der Waals surface area contributed by atoms with Gasteiger partial charge in [0.2, 0.25) is 5.91 Å². The van der Waals surface area contributed by atoms with Crippen molar-refractivity contribution in [3.63, 3.8) is 0 Å². The van der Waals surface area contributed by atoms with Crippen molar-refractivity contribution in [1.82, 2.24) is 15.3 Å². The Bertz CT molecular complexity index is 808. The first-order chi connectivity index (χ1) is 13.8. The van der Waals surface area contributed by atoms with Gasteiger partial charge >= 0.3 is 6.09 Å². The zero-order chi connectivity index (χ0) is 21.1. The van der Waals surface area contributed by atoms with Crippen LogP contribution in [-0.2, 0) is 9.53 Å². The van der Waals surface area contributed by atoms with Gasteiger partial charge < -0.3 is 15.0 Å². The molecule has 2 amide bonds. The van der Waals surface area contributed by atoms with Crippen molar-refractivity contribution in [3.8, 4) is 0 Å². The number of benzene rings is 1.